The fourth-order valence-corrected chi connectivity index (χ4v) is 1.73. The van der Waals surface area contributed by atoms with Crippen LogP contribution in [0.25, 0.3) is 0 Å². The van der Waals surface area contributed by atoms with Crippen LogP contribution in [0, 0.1) is 5.92 Å². The lowest BCUT2D eigenvalue weighted by atomic mass is 10.0. The van der Waals surface area contributed by atoms with Gasteiger partial charge in [-0.25, -0.2) is 0 Å². The van der Waals surface area contributed by atoms with Gasteiger partial charge in [0.05, 0.1) is 12.6 Å². The number of benzene rings is 1. The lowest BCUT2D eigenvalue weighted by molar-refractivity contribution is -0.123. The van der Waals surface area contributed by atoms with Crippen LogP contribution in [0.4, 0.5) is 8.78 Å². The minimum atomic E-state index is -2.92. The predicted octanol–water partition coefficient (Wildman–Crippen LogP) is 2.71. The summed E-state index contributed by atoms with van der Waals surface area (Å²) in [6.07, 6.45) is 0. The van der Waals surface area contributed by atoms with Crippen molar-refractivity contribution in [1.29, 1.82) is 0 Å². The second-order valence-electron chi connectivity index (χ2n) is 5.08. The maximum Gasteiger partial charge on any atom is 0.387 e. The highest BCUT2D eigenvalue weighted by atomic mass is 35.5. The third-order valence-corrected chi connectivity index (χ3v) is 3.01. The van der Waals surface area contributed by atoms with Gasteiger partial charge in [-0.05, 0) is 30.5 Å². The van der Waals surface area contributed by atoms with E-state index in [1.165, 1.54) is 6.07 Å². The van der Waals surface area contributed by atoms with Crippen LogP contribution in [0.3, 0.4) is 0 Å². The van der Waals surface area contributed by atoms with E-state index >= 15 is 0 Å². The molecular weight excluding hydrogens is 330 g/mol. The molecule has 132 valence electrons. The molecule has 0 saturated heterocycles. The number of carbonyl (C=O) groups excluding carboxylic acids is 1. The summed E-state index contributed by atoms with van der Waals surface area (Å²) in [4.78, 5) is 11.8. The SMILES string of the molecule is CCOc1cc(CNC(=O)[C@@H](N)C(C)C)ccc1OC(F)F.Cl. The molecule has 0 unspecified atom stereocenters. The van der Waals surface area contributed by atoms with Crippen molar-refractivity contribution >= 4 is 18.3 Å². The topological polar surface area (TPSA) is 73.6 Å². The summed E-state index contributed by atoms with van der Waals surface area (Å²) in [5, 5.41) is 2.70. The van der Waals surface area contributed by atoms with Crippen LogP contribution in [0.5, 0.6) is 11.5 Å². The predicted molar refractivity (Wildman–Crippen MR) is 86.2 cm³/mol. The molecule has 0 fully saturated rings. The lowest BCUT2D eigenvalue weighted by Gasteiger charge is -2.16. The summed E-state index contributed by atoms with van der Waals surface area (Å²) in [5.41, 5.74) is 6.44. The van der Waals surface area contributed by atoms with Crippen molar-refractivity contribution in [3.63, 3.8) is 0 Å². The van der Waals surface area contributed by atoms with Gasteiger partial charge in [-0.15, -0.1) is 12.4 Å². The van der Waals surface area contributed by atoms with E-state index in [0.29, 0.717) is 12.2 Å². The summed E-state index contributed by atoms with van der Waals surface area (Å²) in [5.74, 6) is -0.0600. The van der Waals surface area contributed by atoms with E-state index < -0.39 is 12.7 Å². The standard InChI is InChI=1S/C15H22F2N2O3.ClH/c1-4-21-12-7-10(5-6-11(12)22-15(16)17)8-19-14(20)13(18)9(2)3;/h5-7,9,13,15H,4,8,18H2,1-3H3,(H,19,20);1H/t13-;/m0./s1. The third kappa shape index (κ3) is 7.00. The van der Waals surface area contributed by atoms with Gasteiger partial charge in [-0.3, -0.25) is 4.79 Å². The smallest absolute Gasteiger partial charge is 0.387 e. The number of amides is 1. The molecular formula is C15H23ClF2N2O3. The van der Waals surface area contributed by atoms with Gasteiger partial charge < -0.3 is 20.5 Å². The molecule has 0 spiro atoms. The summed E-state index contributed by atoms with van der Waals surface area (Å²) in [7, 11) is 0. The van der Waals surface area contributed by atoms with Gasteiger partial charge in [0.25, 0.3) is 0 Å². The van der Waals surface area contributed by atoms with Gasteiger partial charge in [-0.2, -0.15) is 8.78 Å². The molecule has 1 aromatic carbocycles. The molecule has 1 aromatic rings. The molecule has 3 N–H and O–H groups in total. The fraction of sp³-hybridized carbons (Fsp3) is 0.533. The van der Waals surface area contributed by atoms with E-state index in [4.69, 9.17) is 10.5 Å². The Labute approximate surface area is 140 Å². The number of hydrogen-bond donors (Lipinski definition) is 2. The molecule has 5 nitrogen and oxygen atoms in total. The minimum absolute atomic E-state index is 0. The van der Waals surface area contributed by atoms with Crippen LogP contribution in [0.1, 0.15) is 26.3 Å². The zero-order valence-corrected chi connectivity index (χ0v) is 14.2. The molecule has 0 bridgehead atoms. The van der Waals surface area contributed by atoms with Crippen LogP contribution in [0.2, 0.25) is 0 Å². The highest BCUT2D eigenvalue weighted by Gasteiger charge is 2.17. The molecule has 0 aromatic heterocycles. The van der Waals surface area contributed by atoms with Gasteiger partial charge in [0.2, 0.25) is 5.91 Å². The van der Waals surface area contributed by atoms with Crippen molar-refractivity contribution in [3.05, 3.63) is 23.8 Å². The summed E-state index contributed by atoms with van der Waals surface area (Å²) >= 11 is 0. The molecule has 0 aliphatic rings. The number of rotatable bonds is 8. The first-order valence-corrected chi connectivity index (χ1v) is 7.09. The van der Waals surface area contributed by atoms with Crippen molar-refractivity contribution in [2.24, 2.45) is 11.7 Å². The Kier molecular flexibility index (Phi) is 9.52. The highest BCUT2D eigenvalue weighted by Crippen LogP contribution is 2.29. The van der Waals surface area contributed by atoms with Crippen LogP contribution in [-0.4, -0.2) is 25.2 Å². The quantitative estimate of drug-likeness (QED) is 0.754. The largest absolute Gasteiger partial charge is 0.490 e. The number of halogens is 3. The van der Waals surface area contributed by atoms with E-state index in [1.54, 1.807) is 19.1 Å². The normalized spacial score (nSPS) is 11.8. The number of hydrogen-bond acceptors (Lipinski definition) is 4. The molecule has 1 amide bonds. The molecule has 1 atom stereocenters. The molecule has 0 saturated carbocycles. The second kappa shape index (κ2) is 10.2. The average molecular weight is 353 g/mol. The zero-order chi connectivity index (χ0) is 16.7. The van der Waals surface area contributed by atoms with E-state index in [0.717, 1.165) is 0 Å². The summed E-state index contributed by atoms with van der Waals surface area (Å²) in [6, 6.07) is 3.94. The van der Waals surface area contributed by atoms with E-state index in [-0.39, 0.29) is 42.3 Å². The first-order chi connectivity index (χ1) is 10.3. The first-order valence-electron chi connectivity index (χ1n) is 7.09. The number of nitrogens with two attached hydrogens (primary N) is 1. The minimum Gasteiger partial charge on any atom is -0.490 e. The van der Waals surface area contributed by atoms with Gasteiger partial charge in [0, 0.05) is 6.54 Å². The van der Waals surface area contributed by atoms with Crippen molar-refractivity contribution in [1.82, 2.24) is 5.32 Å². The number of ether oxygens (including phenoxy) is 2. The van der Waals surface area contributed by atoms with Crippen LogP contribution < -0.4 is 20.5 Å². The molecule has 0 heterocycles. The Balaban J connectivity index is 0.00000484. The maximum atomic E-state index is 12.3. The third-order valence-electron chi connectivity index (χ3n) is 3.01. The molecule has 0 aliphatic carbocycles. The van der Waals surface area contributed by atoms with Gasteiger partial charge in [0.15, 0.2) is 11.5 Å². The Bertz CT molecular complexity index is 502. The molecule has 1 rings (SSSR count). The van der Waals surface area contributed by atoms with Crippen LogP contribution in [0.15, 0.2) is 18.2 Å². The van der Waals surface area contributed by atoms with Gasteiger partial charge >= 0.3 is 6.61 Å². The highest BCUT2D eigenvalue weighted by molar-refractivity contribution is 5.85. The number of nitrogens with one attached hydrogen (secondary N) is 1. The Morgan fingerprint density at radius 2 is 1.96 bits per heavy atom. The average Bonchev–Trinajstić information content (AvgIpc) is 2.46. The van der Waals surface area contributed by atoms with Crippen molar-refractivity contribution in [2.45, 2.75) is 40.0 Å². The zero-order valence-electron chi connectivity index (χ0n) is 13.3. The summed E-state index contributed by atoms with van der Waals surface area (Å²) < 4.78 is 34.3. The molecule has 0 radical (unpaired) electrons. The number of carbonyl (C=O) groups is 1. The van der Waals surface area contributed by atoms with Crippen LogP contribution in [-0.2, 0) is 11.3 Å². The van der Waals surface area contributed by atoms with E-state index in [1.807, 2.05) is 13.8 Å². The van der Waals surface area contributed by atoms with Crippen molar-refractivity contribution < 1.29 is 23.0 Å². The molecule has 0 aliphatic heterocycles. The summed E-state index contributed by atoms with van der Waals surface area (Å²) in [6.45, 7) is 3.07. The maximum absolute atomic E-state index is 12.3. The van der Waals surface area contributed by atoms with Crippen LogP contribution >= 0.6 is 12.4 Å². The van der Waals surface area contributed by atoms with Gasteiger partial charge in [-0.1, -0.05) is 19.9 Å². The van der Waals surface area contributed by atoms with Gasteiger partial charge in [0.1, 0.15) is 0 Å². The van der Waals surface area contributed by atoms with E-state index in [9.17, 15) is 13.6 Å². The lowest BCUT2D eigenvalue weighted by Crippen LogP contribution is -2.43. The first kappa shape index (κ1) is 21.4. The fourth-order valence-electron chi connectivity index (χ4n) is 1.73. The number of alkyl halides is 2. The Hall–Kier alpha value is -1.60. The van der Waals surface area contributed by atoms with Crippen molar-refractivity contribution in [3.8, 4) is 11.5 Å². The molecule has 23 heavy (non-hydrogen) atoms. The monoisotopic (exact) mass is 352 g/mol. The molecule has 8 heteroatoms. The van der Waals surface area contributed by atoms with E-state index in [2.05, 4.69) is 10.1 Å². The Morgan fingerprint density at radius 3 is 2.48 bits per heavy atom. The second-order valence-corrected chi connectivity index (χ2v) is 5.08. The Morgan fingerprint density at radius 1 is 1.30 bits per heavy atom. The van der Waals surface area contributed by atoms with Crippen molar-refractivity contribution in [2.75, 3.05) is 6.61 Å².